The fraction of sp³-hybridized carbons (Fsp3) is 0.0526. The summed E-state index contributed by atoms with van der Waals surface area (Å²) >= 11 is 7.38. The topological polar surface area (TPSA) is 80.9 Å². The van der Waals surface area contributed by atoms with Crippen LogP contribution in [0.15, 0.2) is 58.6 Å². The Morgan fingerprint density at radius 2 is 2.07 bits per heavy atom. The first-order valence-electron chi connectivity index (χ1n) is 8.02. The molecule has 0 aliphatic heterocycles. The molecule has 0 fully saturated rings. The van der Waals surface area contributed by atoms with E-state index in [9.17, 15) is 4.79 Å². The van der Waals surface area contributed by atoms with Gasteiger partial charge >= 0.3 is 0 Å². The third-order valence-electron chi connectivity index (χ3n) is 3.84. The van der Waals surface area contributed by atoms with Gasteiger partial charge in [0, 0.05) is 22.2 Å². The lowest BCUT2D eigenvalue weighted by Crippen LogP contribution is -2.13. The molecule has 0 atom stereocenters. The van der Waals surface area contributed by atoms with Gasteiger partial charge in [-0.15, -0.1) is 11.3 Å². The molecule has 0 saturated carbocycles. The number of benzene rings is 1. The molecule has 0 aliphatic carbocycles. The van der Waals surface area contributed by atoms with Crippen LogP contribution in [0.4, 0.5) is 5.13 Å². The minimum Gasteiger partial charge on any atom is -0.360 e. The van der Waals surface area contributed by atoms with E-state index in [0.717, 1.165) is 5.69 Å². The minimum absolute atomic E-state index is 0.342. The zero-order valence-corrected chi connectivity index (χ0v) is 15.7. The van der Waals surface area contributed by atoms with E-state index < -0.39 is 0 Å². The lowest BCUT2D eigenvalue weighted by molar-refractivity contribution is 0.102. The van der Waals surface area contributed by atoms with Crippen molar-refractivity contribution in [2.75, 3.05) is 5.32 Å². The molecule has 1 N–H and O–H groups in total. The molecule has 1 amide bonds. The van der Waals surface area contributed by atoms with Crippen LogP contribution >= 0.6 is 22.9 Å². The van der Waals surface area contributed by atoms with E-state index in [1.807, 2.05) is 29.6 Å². The number of rotatable bonds is 4. The van der Waals surface area contributed by atoms with Crippen LogP contribution in [0.1, 0.15) is 16.1 Å². The van der Waals surface area contributed by atoms with Crippen molar-refractivity contribution in [2.45, 2.75) is 6.92 Å². The van der Waals surface area contributed by atoms with Crippen molar-refractivity contribution in [3.63, 3.8) is 0 Å². The number of pyridine rings is 1. The quantitative estimate of drug-likeness (QED) is 0.520. The van der Waals surface area contributed by atoms with Crippen LogP contribution in [-0.2, 0) is 0 Å². The number of hydrogen-bond acceptors (Lipinski definition) is 6. The average Bonchev–Trinajstić information content (AvgIpc) is 3.29. The lowest BCUT2D eigenvalue weighted by Gasteiger charge is -2.03. The molecule has 0 unspecified atom stereocenters. The number of nitrogens with zero attached hydrogens (tertiary/aromatic N) is 3. The third kappa shape index (κ3) is 3.60. The largest absolute Gasteiger partial charge is 0.360 e. The van der Waals surface area contributed by atoms with Crippen LogP contribution in [0.3, 0.4) is 0 Å². The van der Waals surface area contributed by atoms with E-state index in [2.05, 4.69) is 20.4 Å². The van der Waals surface area contributed by atoms with Gasteiger partial charge in [-0.25, -0.2) is 4.98 Å². The number of aryl methyl sites for hydroxylation is 1. The molecule has 8 heteroatoms. The van der Waals surface area contributed by atoms with Gasteiger partial charge in [-0.05, 0) is 31.2 Å². The van der Waals surface area contributed by atoms with Crippen molar-refractivity contribution in [2.24, 2.45) is 0 Å². The molecule has 3 heterocycles. The number of aromatic nitrogens is 3. The second kappa shape index (κ2) is 7.30. The highest BCUT2D eigenvalue weighted by Gasteiger charge is 2.22. The van der Waals surface area contributed by atoms with Gasteiger partial charge in [0.25, 0.3) is 5.91 Å². The summed E-state index contributed by atoms with van der Waals surface area (Å²) in [5.41, 5.74) is 2.95. The zero-order valence-electron chi connectivity index (χ0n) is 14.1. The standard InChI is InChI=1S/C19H13ClN4O2S/c1-11-16(17(24-26-11)12-5-4-6-13(20)9-12)18(25)23-19-22-15(10-27-19)14-7-2-3-8-21-14/h2-10H,1H3,(H,22,23,25). The Kier molecular flexibility index (Phi) is 4.70. The van der Waals surface area contributed by atoms with Gasteiger partial charge in [0.2, 0.25) is 0 Å². The number of carbonyl (C=O) groups excluding carboxylic acids is 1. The van der Waals surface area contributed by atoms with Crippen LogP contribution < -0.4 is 5.32 Å². The van der Waals surface area contributed by atoms with Gasteiger partial charge in [-0.2, -0.15) is 0 Å². The van der Waals surface area contributed by atoms with Crippen molar-refractivity contribution in [1.82, 2.24) is 15.1 Å². The van der Waals surface area contributed by atoms with Gasteiger partial charge in [-0.3, -0.25) is 15.1 Å². The molecular weight excluding hydrogens is 384 g/mol. The van der Waals surface area contributed by atoms with E-state index in [4.69, 9.17) is 16.1 Å². The van der Waals surface area contributed by atoms with Crippen LogP contribution in [0.5, 0.6) is 0 Å². The Morgan fingerprint density at radius 1 is 1.19 bits per heavy atom. The molecule has 0 aliphatic rings. The van der Waals surface area contributed by atoms with Crippen molar-refractivity contribution in [1.29, 1.82) is 0 Å². The van der Waals surface area contributed by atoms with Gasteiger partial charge < -0.3 is 4.52 Å². The van der Waals surface area contributed by atoms with Gasteiger partial charge in [0.1, 0.15) is 22.7 Å². The number of hydrogen-bond donors (Lipinski definition) is 1. The zero-order chi connectivity index (χ0) is 18.8. The highest BCUT2D eigenvalue weighted by molar-refractivity contribution is 7.14. The fourth-order valence-electron chi connectivity index (χ4n) is 2.60. The fourth-order valence-corrected chi connectivity index (χ4v) is 3.48. The molecule has 0 bridgehead atoms. The van der Waals surface area contributed by atoms with Crippen molar-refractivity contribution in [3.8, 4) is 22.6 Å². The first kappa shape index (κ1) is 17.4. The molecule has 134 valence electrons. The van der Waals surface area contributed by atoms with E-state index >= 15 is 0 Å². The van der Waals surface area contributed by atoms with Crippen LogP contribution in [0.2, 0.25) is 5.02 Å². The molecule has 27 heavy (non-hydrogen) atoms. The first-order valence-corrected chi connectivity index (χ1v) is 9.28. The number of halogens is 1. The number of nitrogens with one attached hydrogen (secondary N) is 1. The van der Waals surface area contributed by atoms with Crippen molar-refractivity contribution in [3.05, 3.63) is 70.4 Å². The Bertz CT molecular complexity index is 1110. The highest BCUT2D eigenvalue weighted by atomic mass is 35.5. The highest BCUT2D eigenvalue weighted by Crippen LogP contribution is 2.29. The number of thiazole rings is 1. The maximum atomic E-state index is 12.8. The Labute approximate surface area is 163 Å². The molecule has 0 radical (unpaired) electrons. The van der Waals surface area contributed by atoms with E-state index in [1.165, 1.54) is 11.3 Å². The number of anilines is 1. The summed E-state index contributed by atoms with van der Waals surface area (Å²) in [5, 5.41) is 9.70. The van der Waals surface area contributed by atoms with Crippen LogP contribution in [-0.4, -0.2) is 21.0 Å². The summed E-state index contributed by atoms with van der Waals surface area (Å²) in [6, 6.07) is 12.7. The second-order valence-corrected chi connectivity index (χ2v) is 6.97. The lowest BCUT2D eigenvalue weighted by atomic mass is 10.1. The summed E-state index contributed by atoms with van der Waals surface area (Å²) in [6.45, 7) is 1.69. The predicted molar refractivity (Wildman–Crippen MR) is 105 cm³/mol. The van der Waals surface area contributed by atoms with Crippen molar-refractivity contribution < 1.29 is 9.32 Å². The van der Waals surface area contributed by atoms with E-state index in [1.54, 1.807) is 31.3 Å². The first-order chi connectivity index (χ1) is 13.1. The van der Waals surface area contributed by atoms with E-state index in [0.29, 0.717) is 38.4 Å². The molecule has 6 nitrogen and oxygen atoms in total. The maximum Gasteiger partial charge on any atom is 0.263 e. The van der Waals surface area contributed by atoms with E-state index in [-0.39, 0.29) is 5.91 Å². The average molecular weight is 397 g/mol. The summed E-state index contributed by atoms with van der Waals surface area (Å²) in [7, 11) is 0. The molecule has 3 aromatic heterocycles. The monoisotopic (exact) mass is 396 g/mol. The van der Waals surface area contributed by atoms with Crippen LogP contribution in [0.25, 0.3) is 22.6 Å². The third-order valence-corrected chi connectivity index (χ3v) is 4.83. The number of carbonyl (C=O) groups is 1. The summed E-state index contributed by atoms with van der Waals surface area (Å²) in [4.78, 5) is 21.5. The second-order valence-electron chi connectivity index (χ2n) is 5.68. The summed E-state index contributed by atoms with van der Waals surface area (Å²) in [5.74, 6) is 0.0784. The molecule has 0 saturated heterocycles. The molecular formula is C19H13ClN4O2S. The molecule has 0 spiro atoms. The summed E-state index contributed by atoms with van der Waals surface area (Å²) < 4.78 is 5.24. The smallest absolute Gasteiger partial charge is 0.263 e. The SMILES string of the molecule is Cc1onc(-c2cccc(Cl)c2)c1C(=O)Nc1nc(-c2ccccn2)cs1. The van der Waals surface area contributed by atoms with Crippen LogP contribution in [0, 0.1) is 6.92 Å². The van der Waals surface area contributed by atoms with Crippen molar-refractivity contribution >= 4 is 34.0 Å². The van der Waals surface area contributed by atoms with Gasteiger partial charge in [0.15, 0.2) is 5.13 Å². The normalized spacial score (nSPS) is 10.7. The Balaban J connectivity index is 1.61. The van der Waals surface area contributed by atoms with Gasteiger partial charge in [-0.1, -0.05) is 35.0 Å². The molecule has 4 aromatic rings. The van der Waals surface area contributed by atoms with Gasteiger partial charge in [0.05, 0.1) is 5.69 Å². The maximum absolute atomic E-state index is 12.8. The number of amides is 1. The Morgan fingerprint density at radius 3 is 2.85 bits per heavy atom. The summed E-state index contributed by atoms with van der Waals surface area (Å²) in [6.07, 6.45) is 1.70. The minimum atomic E-state index is -0.342. The predicted octanol–water partition coefficient (Wildman–Crippen LogP) is 5.07. The Hall–Kier alpha value is -3.03. The molecule has 1 aromatic carbocycles. The molecule has 4 rings (SSSR count).